The van der Waals surface area contributed by atoms with Crippen molar-refractivity contribution in [2.45, 2.75) is 23.9 Å². The van der Waals surface area contributed by atoms with Crippen molar-refractivity contribution in [1.82, 2.24) is 4.31 Å². The first-order chi connectivity index (χ1) is 9.76. The molecule has 0 radical (unpaired) electrons. The lowest BCUT2D eigenvalue weighted by Crippen LogP contribution is -2.42. The summed E-state index contributed by atoms with van der Waals surface area (Å²) in [4.78, 5) is 0.0953. The highest BCUT2D eigenvalue weighted by Gasteiger charge is 2.43. The van der Waals surface area contributed by atoms with E-state index in [0.29, 0.717) is 5.69 Å². The number of hydrogen-bond donors (Lipinski definition) is 1. The monoisotopic (exact) mass is 322 g/mol. The van der Waals surface area contributed by atoms with E-state index in [2.05, 4.69) is 5.32 Å². The van der Waals surface area contributed by atoms with Gasteiger partial charge in [0.15, 0.2) is 0 Å². The molecule has 0 unspecified atom stereocenters. The molecule has 21 heavy (non-hydrogen) atoms. The SMILES string of the molecule is CNc1ccccc1S(=O)(=O)N1CCC(C(F)(F)F)CC1. The quantitative estimate of drug-likeness (QED) is 0.931. The Morgan fingerprint density at radius 1 is 1.19 bits per heavy atom. The molecule has 4 nitrogen and oxygen atoms in total. The van der Waals surface area contributed by atoms with E-state index >= 15 is 0 Å². The fourth-order valence-corrected chi connectivity index (χ4v) is 4.13. The van der Waals surface area contributed by atoms with Crippen LogP contribution in [0.25, 0.3) is 0 Å². The number of rotatable bonds is 3. The van der Waals surface area contributed by atoms with E-state index in [-0.39, 0.29) is 30.8 Å². The zero-order valence-electron chi connectivity index (χ0n) is 11.5. The maximum atomic E-state index is 12.6. The molecule has 1 aliphatic heterocycles. The smallest absolute Gasteiger partial charge is 0.387 e. The minimum Gasteiger partial charge on any atom is -0.387 e. The second kappa shape index (κ2) is 5.84. The van der Waals surface area contributed by atoms with Gasteiger partial charge >= 0.3 is 6.18 Å². The van der Waals surface area contributed by atoms with Gasteiger partial charge in [0, 0.05) is 20.1 Å². The molecule has 0 aliphatic carbocycles. The summed E-state index contributed by atoms with van der Waals surface area (Å²) in [5.74, 6) is -1.41. The van der Waals surface area contributed by atoms with Crippen LogP contribution in [0.15, 0.2) is 29.2 Å². The molecule has 1 N–H and O–H groups in total. The molecule has 0 atom stereocenters. The van der Waals surface area contributed by atoms with E-state index in [1.54, 1.807) is 25.2 Å². The van der Waals surface area contributed by atoms with Gasteiger partial charge in [-0.3, -0.25) is 0 Å². The Labute approximate surface area is 122 Å². The van der Waals surface area contributed by atoms with E-state index in [4.69, 9.17) is 0 Å². The lowest BCUT2D eigenvalue weighted by molar-refractivity contribution is -0.182. The van der Waals surface area contributed by atoms with Crippen molar-refractivity contribution in [3.63, 3.8) is 0 Å². The third-order valence-corrected chi connectivity index (χ3v) is 5.65. The molecule has 8 heteroatoms. The molecule has 1 aromatic carbocycles. The van der Waals surface area contributed by atoms with Crippen LogP contribution in [0.3, 0.4) is 0 Å². The van der Waals surface area contributed by atoms with Gasteiger partial charge in [0.1, 0.15) is 4.90 Å². The van der Waals surface area contributed by atoms with Crippen LogP contribution in [0.2, 0.25) is 0 Å². The van der Waals surface area contributed by atoms with Crippen molar-refractivity contribution in [2.24, 2.45) is 5.92 Å². The van der Waals surface area contributed by atoms with Crippen molar-refractivity contribution in [1.29, 1.82) is 0 Å². The lowest BCUT2D eigenvalue weighted by atomic mass is 9.98. The summed E-state index contributed by atoms with van der Waals surface area (Å²) >= 11 is 0. The third kappa shape index (κ3) is 3.32. The summed E-state index contributed by atoms with van der Waals surface area (Å²) in [6.07, 6.45) is -4.63. The molecule has 1 heterocycles. The fourth-order valence-electron chi connectivity index (χ4n) is 2.46. The number of halogens is 3. The summed E-state index contributed by atoms with van der Waals surface area (Å²) in [5.41, 5.74) is 0.440. The molecular weight excluding hydrogens is 305 g/mol. The summed E-state index contributed by atoms with van der Waals surface area (Å²) in [6.45, 7) is -0.213. The maximum Gasteiger partial charge on any atom is 0.391 e. The summed E-state index contributed by atoms with van der Waals surface area (Å²) in [6, 6.07) is 6.36. The molecular formula is C13H17F3N2O2S. The Kier molecular flexibility index (Phi) is 4.48. The highest BCUT2D eigenvalue weighted by Crippen LogP contribution is 2.36. The van der Waals surface area contributed by atoms with Crippen LogP contribution >= 0.6 is 0 Å². The van der Waals surface area contributed by atoms with Crippen LogP contribution in [0.1, 0.15) is 12.8 Å². The largest absolute Gasteiger partial charge is 0.391 e. The van der Waals surface area contributed by atoms with Crippen LogP contribution < -0.4 is 5.32 Å². The second-order valence-corrected chi connectivity index (χ2v) is 6.87. The van der Waals surface area contributed by atoms with Gasteiger partial charge in [-0.2, -0.15) is 17.5 Å². The summed E-state index contributed by atoms with van der Waals surface area (Å²) in [7, 11) is -2.17. The summed E-state index contributed by atoms with van der Waals surface area (Å²) < 4.78 is 64.1. The number of hydrogen-bond acceptors (Lipinski definition) is 3. The van der Waals surface area contributed by atoms with Crippen molar-refractivity contribution in [2.75, 3.05) is 25.5 Å². The van der Waals surface area contributed by atoms with E-state index in [1.165, 1.54) is 6.07 Å². The number of piperidine rings is 1. The zero-order chi connectivity index (χ0) is 15.7. The number of sulfonamides is 1. The van der Waals surface area contributed by atoms with Gasteiger partial charge in [-0.25, -0.2) is 8.42 Å². The van der Waals surface area contributed by atoms with E-state index < -0.39 is 22.1 Å². The van der Waals surface area contributed by atoms with Crippen molar-refractivity contribution in [3.8, 4) is 0 Å². The minimum atomic E-state index is -4.25. The summed E-state index contributed by atoms with van der Waals surface area (Å²) in [5, 5.41) is 2.79. The van der Waals surface area contributed by atoms with Gasteiger partial charge in [-0.15, -0.1) is 0 Å². The molecule has 1 aliphatic rings. The molecule has 0 amide bonds. The molecule has 1 fully saturated rings. The van der Waals surface area contributed by atoms with Gasteiger partial charge in [0.2, 0.25) is 10.0 Å². The predicted molar refractivity (Wildman–Crippen MR) is 73.5 cm³/mol. The van der Waals surface area contributed by atoms with Gasteiger partial charge < -0.3 is 5.32 Å². The molecule has 118 valence electrons. The van der Waals surface area contributed by atoms with E-state index in [0.717, 1.165) is 4.31 Å². The van der Waals surface area contributed by atoms with Gasteiger partial charge in [0.25, 0.3) is 0 Å². The topological polar surface area (TPSA) is 49.4 Å². The molecule has 0 spiro atoms. The standard InChI is InChI=1S/C13H17F3N2O2S/c1-17-11-4-2-3-5-12(11)21(19,20)18-8-6-10(7-9-18)13(14,15)16/h2-5,10,17H,6-9H2,1H3. The first-order valence-electron chi connectivity index (χ1n) is 6.60. The first kappa shape index (κ1) is 16.1. The average Bonchev–Trinajstić information content (AvgIpc) is 2.46. The minimum absolute atomic E-state index is 0.0953. The average molecular weight is 322 g/mol. The molecule has 2 rings (SSSR count). The normalized spacial score (nSPS) is 18.7. The molecule has 1 saturated heterocycles. The van der Waals surface area contributed by atoms with Crippen LogP contribution in [0, 0.1) is 5.92 Å². The van der Waals surface area contributed by atoms with Gasteiger partial charge in [0.05, 0.1) is 11.6 Å². The van der Waals surface area contributed by atoms with Crippen molar-refractivity contribution in [3.05, 3.63) is 24.3 Å². The molecule has 0 aromatic heterocycles. The van der Waals surface area contributed by atoms with Gasteiger partial charge in [-0.05, 0) is 25.0 Å². The number of nitrogens with one attached hydrogen (secondary N) is 1. The second-order valence-electron chi connectivity index (χ2n) is 4.97. The van der Waals surface area contributed by atoms with Crippen molar-refractivity contribution >= 4 is 15.7 Å². The highest BCUT2D eigenvalue weighted by molar-refractivity contribution is 7.89. The number of benzene rings is 1. The Bertz CT molecular complexity index is 594. The number of alkyl halides is 3. The number of nitrogens with zero attached hydrogens (tertiary/aromatic N) is 1. The van der Waals surface area contributed by atoms with Gasteiger partial charge in [-0.1, -0.05) is 12.1 Å². The lowest BCUT2D eigenvalue weighted by Gasteiger charge is -2.32. The van der Waals surface area contributed by atoms with Crippen molar-refractivity contribution < 1.29 is 21.6 Å². The molecule has 1 aromatic rings. The van der Waals surface area contributed by atoms with E-state index in [1.807, 2.05) is 0 Å². The third-order valence-electron chi connectivity index (χ3n) is 3.69. The Morgan fingerprint density at radius 2 is 1.76 bits per heavy atom. The number of anilines is 1. The molecule has 0 saturated carbocycles. The van der Waals surface area contributed by atoms with Crippen LogP contribution in [0.5, 0.6) is 0 Å². The van der Waals surface area contributed by atoms with Crippen LogP contribution in [-0.2, 0) is 10.0 Å². The first-order valence-corrected chi connectivity index (χ1v) is 8.04. The van der Waals surface area contributed by atoms with E-state index in [9.17, 15) is 21.6 Å². The molecule has 0 bridgehead atoms. The number of para-hydroxylation sites is 1. The Hall–Kier alpha value is -1.28. The highest BCUT2D eigenvalue weighted by atomic mass is 32.2. The fraction of sp³-hybridized carbons (Fsp3) is 0.538. The predicted octanol–water partition coefficient (Wildman–Crippen LogP) is 2.69. The Balaban J connectivity index is 2.19. The zero-order valence-corrected chi connectivity index (χ0v) is 12.3. The van der Waals surface area contributed by atoms with Crippen LogP contribution in [-0.4, -0.2) is 39.0 Å². The maximum absolute atomic E-state index is 12.6. The van der Waals surface area contributed by atoms with Crippen LogP contribution in [0.4, 0.5) is 18.9 Å². The Morgan fingerprint density at radius 3 is 2.29 bits per heavy atom.